The van der Waals surface area contributed by atoms with Crippen LogP contribution in [-0.2, 0) is 0 Å². The van der Waals surface area contributed by atoms with Gasteiger partial charge in [0.05, 0.1) is 5.69 Å². The second-order valence-electron chi connectivity index (χ2n) is 4.40. The van der Waals surface area contributed by atoms with Crippen molar-refractivity contribution in [3.8, 4) is 17.2 Å². The monoisotopic (exact) mass is 307 g/mol. The Morgan fingerprint density at radius 3 is 2.73 bits per heavy atom. The Hall–Kier alpha value is -2.83. The number of nitrogens with one attached hydrogen (secondary N) is 1. The molecular weight excluding hydrogens is 296 g/mol. The first-order valence-electron chi connectivity index (χ1n) is 6.38. The first kappa shape index (κ1) is 14.1. The molecule has 22 heavy (non-hydrogen) atoms. The van der Waals surface area contributed by atoms with Crippen LogP contribution in [0.2, 0.25) is 0 Å². The maximum absolute atomic E-state index is 12.3. The van der Waals surface area contributed by atoms with E-state index in [0.717, 1.165) is 0 Å². The van der Waals surface area contributed by atoms with Crippen LogP contribution in [0.5, 0.6) is 17.2 Å². The van der Waals surface area contributed by atoms with Crippen LogP contribution < -0.4 is 19.5 Å². The predicted molar refractivity (Wildman–Crippen MR) is 73.6 cm³/mol. The quantitative estimate of drug-likeness (QED) is 0.942. The van der Waals surface area contributed by atoms with E-state index in [-0.39, 0.29) is 18.2 Å². The molecule has 114 valence electrons. The number of anilines is 1. The van der Waals surface area contributed by atoms with Crippen LogP contribution in [0.1, 0.15) is 10.4 Å². The van der Waals surface area contributed by atoms with Crippen molar-refractivity contribution in [1.82, 2.24) is 0 Å². The number of para-hydroxylation sites is 2. The van der Waals surface area contributed by atoms with E-state index < -0.39 is 12.5 Å². The van der Waals surface area contributed by atoms with Crippen molar-refractivity contribution in [2.45, 2.75) is 6.61 Å². The highest BCUT2D eigenvalue weighted by molar-refractivity contribution is 6.05. The summed E-state index contributed by atoms with van der Waals surface area (Å²) in [5.74, 6) is 0.443. The van der Waals surface area contributed by atoms with Crippen LogP contribution in [-0.4, -0.2) is 19.3 Å². The van der Waals surface area contributed by atoms with Gasteiger partial charge in [0.25, 0.3) is 5.91 Å². The van der Waals surface area contributed by atoms with Gasteiger partial charge in [-0.05, 0) is 30.3 Å². The summed E-state index contributed by atoms with van der Waals surface area (Å²) >= 11 is 0. The smallest absolute Gasteiger partial charge is 0.387 e. The van der Waals surface area contributed by atoms with Gasteiger partial charge in [0.2, 0.25) is 6.79 Å². The van der Waals surface area contributed by atoms with E-state index in [1.165, 1.54) is 24.3 Å². The summed E-state index contributed by atoms with van der Waals surface area (Å²) in [7, 11) is 0. The molecule has 0 unspecified atom stereocenters. The summed E-state index contributed by atoms with van der Waals surface area (Å²) in [5.41, 5.74) is 0.474. The number of carbonyl (C=O) groups excluding carboxylic acids is 1. The number of hydrogen-bond donors (Lipinski definition) is 1. The molecule has 1 N–H and O–H groups in total. The van der Waals surface area contributed by atoms with Gasteiger partial charge in [-0.25, -0.2) is 0 Å². The topological polar surface area (TPSA) is 56.8 Å². The van der Waals surface area contributed by atoms with Crippen molar-refractivity contribution in [2.24, 2.45) is 0 Å². The summed E-state index contributed by atoms with van der Waals surface area (Å²) in [5, 5.41) is 2.53. The molecule has 2 aromatic carbocycles. The van der Waals surface area contributed by atoms with Gasteiger partial charge in [-0.15, -0.1) is 0 Å². The van der Waals surface area contributed by atoms with Crippen molar-refractivity contribution in [3.05, 3.63) is 48.0 Å². The summed E-state index contributed by atoms with van der Waals surface area (Å²) in [6.45, 7) is -2.87. The second-order valence-corrected chi connectivity index (χ2v) is 4.40. The first-order valence-corrected chi connectivity index (χ1v) is 6.38. The average molecular weight is 307 g/mol. The molecule has 0 atom stereocenters. The van der Waals surface area contributed by atoms with Gasteiger partial charge in [0, 0.05) is 5.56 Å². The molecule has 0 spiro atoms. The third-order valence-corrected chi connectivity index (χ3v) is 2.99. The van der Waals surface area contributed by atoms with Gasteiger partial charge >= 0.3 is 6.61 Å². The van der Waals surface area contributed by atoms with E-state index in [4.69, 9.17) is 9.47 Å². The van der Waals surface area contributed by atoms with Gasteiger partial charge in [0.1, 0.15) is 5.75 Å². The molecule has 5 nitrogen and oxygen atoms in total. The minimum absolute atomic E-state index is 0.103. The number of amides is 1. The number of rotatable bonds is 4. The van der Waals surface area contributed by atoms with E-state index >= 15 is 0 Å². The molecule has 0 saturated carbocycles. The fourth-order valence-corrected chi connectivity index (χ4v) is 2.00. The van der Waals surface area contributed by atoms with Gasteiger partial charge in [0.15, 0.2) is 11.5 Å². The Labute approximate surface area is 124 Å². The zero-order chi connectivity index (χ0) is 15.5. The molecular formula is C15H11F2NO4. The lowest BCUT2D eigenvalue weighted by atomic mass is 10.2. The zero-order valence-corrected chi connectivity index (χ0v) is 11.2. The standard InChI is InChI=1S/C15H11F2NO4/c16-15(17)22-11-4-2-1-3-10(11)18-14(19)9-5-6-12-13(7-9)21-8-20-12/h1-7,15H,8H2,(H,18,19). The van der Waals surface area contributed by atoms with Crippen LogP contribution in [0.25, 0.3) is 0 Å². The fourth-order valence-electron chi connectivity index (χ4n) is 2.00. The molecule has 3 rings (SSSR count). The van der Waals surface area contributed by atoms with Crippen LogP contribution in [0.4, 0.5) is 14.5 Å². The minimum atomic E-state index is -2.97. The summed E-state index contributed by atoms with van der Waals surface area (Å²) < 4.78 is 39.4. The number of alkyl halides is 2. The molecule has 1 heterocycles. The maximum Gasteiger partial charge on any atom is 0.387 e. The van der Waals surface area contributed by atoms with Gasteiger partial charge in [-0.3, -0.25) is 4.79 Å². The maximum atomic E-state index is 12.3. The van der Waals surface area contributed by atoms with Crippen molar-refractivity contribution in [1.29, 1.82) is 0 Å². The lowest BCUT2D eigenvalue weighted by Crippen LogP contribution is -2.13. The van der Waals surface area contributed by atoms with E-state index in [2.05, 4.69) is 10.1 Å². The highest BCUT2D eigenvalue weighted by Crippen LogP contribution is 2.33. The predicted octanol–water partition coefficient (Wildman–Crippen LogP) is 3.27. The summed E-state index contributed by atoms with van der Waals surface area (Å²) in [4.78, 5) is 12.2. The molecule has 0 bridgehead atoms. The molecule has 0 radical (unpaired) electrons. The molecule has 1 amide bonds. The molecule has 0 saturated heterocycles. The zero-order valence-electron chi connectivity index (χ0n) is 11.2. The molecule has 2 aromatic rings. The largest absolute Gasteiger partial charge is 0.454 e. The van der Waals surface area contributed by atoms with E-state index in [9.17, 15) is 13.6 Å². The Kier molecular flexibility index (Phi) is 3.78. The van der Waals surface area contributed by atoms with Crippen molar-refractivity contribution in [3.63, 3.8) is 0 Å². The van der Waals surface area contributed by atoms with Crippen LogP contribution in [0.3, 0.4) is 0 Å². The van der Waals surface area contributed by atoms with E-state index in [0.29, 0.717) is 17.1 Å². The van der Waals surface area contributed by atoms with Gasteiger partial charge in [-0.1, -0.05) is 12.1 Å². The number of benzene rings is 2. The molecule has 0 aliphatic carbocycles. The Morgan fingerprint density at radius 1 is 1.14 bits per heavy atom. The summed E-state index contributed by atoms with van der Waals surface area (Å²) in [6, 6.07) is 10.7. The third kappa shape index (κ3) is 2.93. The Balaban J connectivity index is 1.80. The SMILES string of the molecule is O=C(Nc1ccccc1OC(F)F)c1ccc2c(c1)OCO2. The molecule has 1 aliphatic heterocycles. The number of hydrogen-bond acceptors (Lipinski definition) is 4. The van der Waals surface area contributed by atoms with Crippen molar-refractivity contribution < 1.29 is 27.8 Å². The van der Waals surface area contributed by atoms with Crippen molar-refractivity contribution in [2.75, 3.05) is 12.1 Å². The number of carbonyl (C=O) groups is 1. The Bertz CT molecular complexity index is 706. The summed E-state index contributed by atoms with van der Waals surface area (Å²) in [6.07, 6.45) is 0. The number of ether oxygens (including phenoxy) is 3. The molecule has 1 aliphatic rings. The van der Waals surface area contributed by atoms with Crippen molar-refractivity contribution >= 4 is 11.6 Å². The highest BCUT2D eigenvalue weighted by atomic mass is 19.3. The first-order chi connectivity index (χ1) is 10.6. The third-order valence-electron chi connectivity index (χ3n) is 2.99. The highest BCUT2D eigenvalue weighted by Gasteiger charge is 2.17. The van der Waals surface area contributed by atoms with E-state index in [1.54, 1.807) is 18.2 Å². The minimum Gasteiger partial charge on any atom is -0.454 e. The lowest BCUT2D eigenvalue weighted by molar-refractivity contribution is -0.0493. The van der Waals surface area contributed by atoms with E-state index in [1.807, 2.05) is 0 Å². The van der Waals surface area contributed by atoms with Gasteiger partial charge < -0.3 is 19.5 Å². The molecule has 0 aromatic heterocycles. The van der Waals surface area contributed by atoms with Crippen LogP contribution in [0.15, 0.2) is 42.5 Å². The second kappa shape index (κ2) is 5.88. The normalized spacial score (nSPS) is 12.3. The molecule has 7 heteroatoms. The number of halogens is 2. The average Bonchev–Trinajstić information content (AvgIpc) is 2.96. The fraction of sp³-hybridized carbons (Fsp3) is 0.133. The van der Waals surface area contributed by atoms with Crippen LogP contribution >= 0.6 is 0 Å². The Morgan fingerprint density at radius 2 is 1.91 bits per heavy atom. The lowest BCUT2D eigenvalue weighted by Gasteiger charge is -2.11. The number of fused-ring (bicyclic) bond motifs is 1. The van der Waals surface area contributed by atoms with Gasteiger partial charge in [-0.2, -0.15) is 8.78 Å². The van der Waals surface area contributed by atoms with Crippen LogP contribution in [0, 0.1) is 0 Å². The molecule has 0 fully saturated rings.